The maximum absolute atomic E-state index is 12.4. The SMILES string of the molecule is Cl.O=C(COc1ccc(C(=O)c2ccc(Cl)cc2)cc1)N[C@H]1CCCNC1. The molecule has 1 aliphatic heterocycles. The number of ether oxygens (including phenoxy) is 1. The highest BCUT2D eigenvalue weighted by Crippen LogP contribution is 2.17. The number of hydrogen-bond acceptors (Lipinski definition) is 4. The second-order valence-electron chi connectivity index (χ2n) is 6.26. The van der Waals surface area contributed by atoms with Gasteiger partial charge < -0.3 is 15.4 Å². The molecule has 0 spiro atoms. The van der Waals surface area contributed by atoms with Gasteiger partial charge in [0.2, 0.25) is 0 Å². The van der Waals surface area contributed by atoms with E-state index in [1.165, 1.54) is 0 Å². The first-order valence-electron chi connectivity index (χ1n) is 8.65. The average molecular weight is 409 g/mol. The largest absolute Gasteiger partial charge is 0.484 e. The van der Waals surface area contributed by atoms with Gasteiger partial charge in [0.1, 0.15) is 5.75 Å². The molecule has 2 N–H and O–H groups in total. The van der Waals surface area contributed by atoms with E-state index in [0.29, 0.717) is 21.9 Å². The van der Waals surface area contributed by atoms with Gasteiger partial charge in [0.15, 0.2) is 12.4 Å². The van der Waals surface area contributed by atoms with Crippen molar-refractivity contribution in [3.63, 3.8) is 0 Å². The monoisotopic (exact) mass is 408 g/mol. The highest BCUT2D eigenvalue weighted by atomic mass is 35.5. The third kappa shape index (κ3) is 6.24. The van der Waals surface area contributed by atoms with Gasteiger partial charge in [-0.15, -0.1) is 12.4 Å². The van der Waals surface area contributed by atoms with E-state index >= 15 is 0 Å². The zero-order valence-corrected chi connectivity index (χ0v) is 16.3. The third-order valence-corrected chi connectivity index (χ3v) is 4.51. The summed E-state index contributed by atoms with van der Waals surface area (Å²) in [6.07, 6.45) is 2.05. The van der Waals surface area contributed by atoms with Crippen LogP contribution in [-0.2, 0) is 4.79 Å². The molecule has 0 bridgehead atoms. The molecule has 7 heteroatoms. The first-order valence-corrected chi connectivity index (χ1v) is 9.03. The van der Waals surface area contributed by atoms with Gasteiger partial charge >= 0.3 is 0 Å². The lowest BCUT2D eigenvalue weighted by atomic mass is 10.0. The van der Waals surface area contributed by atoms with E-state index < -0.39 is 0 Å². The molecule has 0 radical (unpaired) electrons. The zero-order valence-electron chi connectivity index (χ0n) is 14.7. The van der Waals surface area contributed by atoms with Crippen molar-refractivity contribution in [2.24, 2.45) is 0 Å². The molecule has 2 aromatic carbocycles. The minimum absolute atomic E-state index is 0. The van der Waals surface area contributed by atoms with Crippen LogP contribution >= 0.6 is 24.0 Å². The lowest BCUT2D eigenvalue weighted by Gasteiger charge is -2.23. The van der Waals surface area contributed by atoms with E-state index in [2.05, 4.69) is 10.6 Å². The molecular formula is C20H22Cl2N2O3. The number of carbonyl (C=O) groups is 2. The number of carbonyl (C=O) groups excluding carboxylic acids is 2. The standard InChI is InChI=1S/C20H21ClN2O3.ClH/c21-16-7-3-14(4-8-16)20(25)15-5-9-18(10-6-15)26-13-19(24)23-17-2-1-11-22-12-17;/h3-10,17,22H,1-2,11-13H2,(H,23,24);1H/t17-;/m0./s1. The van der Waals surface area contributed by atoms with Gasteiger partial charge in [-0.25, -0.2) is 0 Å². The van der Waals surface area contributed by atoms with Crippen molar-refractivity contribution < 1.29 is 14.3 Å². The van der Waals surface area contributed by atoms with Crippen LogP contribution in [0.5, 0.6) is 5.75 Å². The summed E-state index contributed by atoms with van der Waals surface area (Å²) in [6.45, 7) is 1.76. The minimum Gasteiger partial charge on any atom is -0.484 e. The van der Waals surface area contributed by atoms with Crippen LogP contribution in [0.2, 0.25) is 5.02 Å². The van der Waals surface area contributed by atoms with E-state index in [9.17, 15) is 9.59 Å². The lowest BCUT2D eigenvalue weighted by Crippen LogP contribution is -2.46. The van der Waals surface area contributed by atoms with Gasteiger partial charge in [-0.2, -0.15) is 0 Å². The highest BCUT2D eigenvalue weighted by Gasteiger charge is 2.15. The van der Waals surface area contributed by atoms with Crippen molar-refractivity contribution in [2.45, 2.75) is 18.9 Å². The summed E-state index contributed by atoms with van der Waals surface area (Å²) in [7, 11) is 0. The first-order chi connectivity index (χ1) is 12.6. The average Bonchev–Trinajstić information content (AvgIpc) is 2.68. The van der Waals surface area contributed by atoms with Crippen molar-refractivity contribution in [2.75, 3.05) is 19.7 Å². The van der Waals surface area contributed by atoms with Gasteiger partial charge in [0, 0.05) is 28.7 Å². The summed E-state index contributed by atoms with van der Waals surface area (Å²) >= 11 is 5.84. The molecule has 1 amide bonds. The molecule has 0 aliphatic carbocycles. The molecule has 1 saturated heterocycles. The molecule has 0 unspecified atom stereocenters. The Hall–Kier alpha value is -2.08. The van der Waals surface area contributed by atoms with Crippen LogP contribution in [0.3, 0.4) is 0 Å². The fourth-order valence-electron chi connectivity index (χ4n) is 2.86. The molecule has 5 nitrogen and oxygen atoms in total. The van der Waals surface area contributed by atoms with Crippen molar-refractivity contribution in [3.05, 3.63) is 64.7 Å². The zero-order chi connectivity index (χ0) is 18.4. The van der Waals surface area contributed by atoms with Gasteiger partial charge in [0.25, 0.3) is 5.91 Å². The van der Waals surface area contributed by atoms with E-state index in [0.717, 1.165) is 25.9 Å². The second-order valence-corrected chi connectivity index (χ2v) is 6.70. The Morgan fingerprint density at radius 3 is 2.30 bits per heavy atom. The third-order valence-electron chi connectivity index (χ3n) is 4.25. The predicted octanol–water partition coefficient (Wildman–Crippen LogP) is 3.24. The summed E-state index contributed by atoms with van der Waals surface area (Å²) in [6, 6.07) is 13.7. The smallest absolute Gasteiger partial charge is 0.258 e. The van der Waals surface area contributed by atoms with E-state index in [1.807, 2.05) is 0 Å². The van der Waals surface area contributed by atoms with Crippen LogP contribution < -0.4 is 15.4 Å². The molecule has 1 fully saturated rings. The van der Waals surface area contributed by atoms with Crippen molar-refractivity contribution >= 4 is 35.7 Å². The molecule has 3 rings (SSSR count). The highest BCUT2D eigenvalue weighted by molar-refractivity contribution is 6.30. The number of amides is 1. The Balaban J connectivity index is 0.00000261. The van der Waals surface area contributed by atoms with Crippen LogP contribution in [0.4, 0.5) is 0 Å². The quantitative estimate of drug-likeness (QED) is 0.719. The molecule has 0 aromatic heterocycles. The molecule has 1 heterocycles. The summed E-state index contributed by atoms with van der Waals surface area (Å²) in [5, 5.41) is 6.80. The number of piperidine rings is 1. The fourth-order valence-corrected chi connectivity index (χ4v) is 2.99. The summed E-state index contributed by atoms with van der Waals surface area (Å²) in [5.41, 5.74) is 1.13. The first kappa shape index (κ1) is 21.2. The molecule has 0 saturated carbocycles. The van der Waals surface area contributed by atoms with E-state index in [4.69, 9.17) is 16.3 Å². The predicted molar refractivity (Wildman–Crippen MR) is 108 cm³/mol. The number of hydrogen-bond donors (Lipinski definition) is 2. The summed E-state index contributed by atoms with van der Waals surface area (Å²) in [5.74, 6) is 0.324. The molecule has 144 valence electrons. The van der Waals surface area contributed by atoms with Crippen molar-refractivity contribution in [1.82, 2.24) is 10.6 Å². The fraction of sp³-hybridized carbons (Fsp3) is 0.300. The van der Waals surface area contributed by atoms with E-state index in [1.54, 1.807) is 48.5 Å². The molecular weight excluding hydrogens is 387 g/mol. The van der Waals surface area contributed by atoms with Gasteiger partial charge in [0.05, 0.1) is 0 Å². The van der Waals surface area contributed by atoms with Crippen LogP contribution in [0, 0.1) is 0 Å². The van der Waals surface area contributed by atoms with Gasteiger partial charge in [-0.05, 0) is 67.9 Å². The minimum atomic E-state index is -0.139. The summed E-state index contributed by atoms with van der Waals surface area (Å²) < 4.78 is 5.50. The Bertz CT molecular complexity index is 758. The molecule has 1 aliphatic rings. The van der Waals surface area contributed by atoms with Crippen LogP contribution in [0.25, 0.3) is 0 Å². The summed E-state index contributed by atoms with van der Waals surface area (Å²) in [4.78, 5) is 24.3. The maximum atomic E-state index is 12.4. The Morgan fingerprint density at radius 2 is 1.70 bits per heavy atom. The number of halogens is 2. The van der Waals surface area contributed by atoms with Crippen LogP contribution in [0.1, 0.15) is 28.8 Å². The molecule has 1 atom stereocenters. The second kappa shape index (κ2) is 10.3. The van der Waals surface area contributed by atoms with Crippen LogP contribution in [0.15, 0.2) is 48.5 Å². The van der Waals surface area contributed by atoms with Crippen LogP contribution in [-0.4, -0.2) is 37.4 Å². The normalized spacial score (nSPS) is 16.1. The number of nitrogens with one attached hydrogen (secondary N) is 2. The maximum Gasteiger partial charge on any atom is 0.258 e. The van der Waals surface area contributed by atoms with E-state index in [-0.39, 0.29) is 36.7 Å². The number of rotatable bonds is 6. The van der Waals surface area contributed by atoms with Crippen molar-refractivity contribution in [1.29, 1.82) is 0 Å². The van der Waals surface area contributed by atoms with Gasteiger partial charge in [-0.1, -0.05) is 11.6 Å². The number of benzene rings is 2. The topological polar surface area (TPSA) is 67.4 Å². The molecule has 27 heavy (non-hydrogen) atoms. The number of ketones is 1. The Labute approximate surface area is 169 Å². The van der Waals surface area contributed by atoms with Gasteiger partial charge in [-0.3, -0.25) is 9.59 Å². The Morgan fingerprint density at radius 1 is 1.07 bits per heavy atom. The van der Waals surface area contributed by atoms with Crippen molar-refractivity contribution in [3.8, 4) is 5.75 Å². The molecule has 2 aromatic rings. The lowest BCUT2D eigenvalue weighted by molar-refractivity contribution is -0.123. The Kier molecular flexibility index (Phi) is 8.10.